The van der Waals surface area contributed by atoms with Gasteiger partial charge >= 0.3 is 5.97 Å². The van der Waals surface area contributed by atoms with Crippen molar-refractivity contribution >= 4 is 11.9 Å². The van der Waals surface area contributed by atoms with Crippen LogP contribution in [0.4, 0.5) is 0 Å². The van der Waals surface area contributed by atoms with E-state index >= 15 is 0 Å². The van der Waals surface area contributed by atoms with E-state index < -0.39 is 12.1 Å². The van der Waals surface area contributed by atoms with Gasteiger partial charge in [-0.25, -0.2) is 4.79 Å². The van der Waals surface area contributed by atoms with Crippen molar-refractivity contribution in [1.29, 1.82) is 0 Å². The average molecular weight is 357 g/mol. The molecule has 0 aromatic heterocycles. The number of rotatable bonds is 6. The number of carbonyl (C=O) groups excluding carboxylic acids is 2. The normalized spacial score (nSPS) is 13.0. The van der Waals surface area contributed by atoms with E-state index in [4.69, 9.17) is 14.2 Å². The number of hydrogen-bond acceptors (Lipinski definition) is 6. The summed E-state index contributed by atoms with van der Waals surface area (Å²) >= 11 is 0. The standard InChI is InChI=1S/C19H19NO6/c1-12(26-15-6-4-14(5-7-15)19(22)23-2)18(21)20-10-13-3-8-16-17(9-13)25-11-24-16/h3-9,12H,10-11H2,1-2H3,(H,20,21)/t12-/m0/s1. The highest BCUT2D eigenvalue weighted by molar-refractivity contribution is 5.89. The molecule has 0 fully saturated rings. The van der Waals surface area contributed by atoms with Gasteiger partial charge in [-0.1, -0.05) is 6.07 Å². The minimum atomic E-state index is -0.687. The average Bonchev–Trinajstić information content (AvgIpc) is 3.13. The van der Waals surface area contributed by atoms with Gasteiger partial charge in [0.1, 0.15) is 5.75 Å². The summed E-state index contributed by atoms with van der Waals surface area (Å²) in [6.07, 6.45) is -0.687. The predicted molar refractivity (Wildman–Crippen MR) is 92.3 cm³/mol. The van der Waals surface area contributed by atoms with E-state index in [1.54, 1.807) is 31.2 Å². The first kappa shape index (κ1) is 17.6. The van der Waals surface area contributed by atoms with Gasteiger partial charge in [0.15, 0.2) is 17.6 Å². The van der Waals surface area contributed by atoms with Gasteiger partial charge in [-0.05, 0) is 48.9 Å². The van der Waals surface area contributed by atoms with E-state index in [1.165, 1.54) is 7.11 Å². The van der Waals surface area contributed by atoms with Crippen LogP contribution in [0, 0.1) is 0 Å². The number of methoxy groups -OCH3 is 1. The Labute approximate surface area is 150 Å². The molecular weight excluding hydrogens is 338 g/mol. The van der Waals surface area contributed by atoms with Gasteiger partial charge in [-0.2, -0.15) is 0 Å². The first-order valence-electron chi connectivity index (χ1n) is 8.08. The van der Waals surface area contributed by atoms with E-state index in [1.807, 2.05) is 18.2 Å². The van der Waals surface area contributed by atoms with E-state index in [0.29, 0.717) is 29.4 Å². The maximum Gasteiger partial charge on any atom is 0.337 e. The molecule has 0 spiro atoms. The number of fused-ring (bicyclic) bond motifs is 1. The summed E-state index contributed by atoms with van der Waals surface area (Å²) in [7, 11) is 1.32. The van der Waals surface area contributed by atoms with Gasteiger partial charge in [-0.15, -0.1) is 0 Å². The molecule has 0 bridgehead atoms. The lowest BCUT2D eigenvalue weighted by molar-refractivity contribution is -0.127. The second-order valence-electron chi connectivity index (χ2n) is 5.68. The molecule has 0 unspecified atom stereocenters. The van der Waals surface area contributed by atoms with Crippen LogP contribution in [0.3, 0.4) is 0 Å². The molecule has 0 radical (unpaired) electrons. The third-order valence-corrected chi connectivity index (χ3v) is 3.86. The summed E-state index contributed by atoms with van der Waals surface area (Å²) in [6.45, 7) is 2.22. The van der Waals surface area contributed by atoms with Crippen molar-refractivity contribution in [2.75, 3.05) is 13.9 Å². The smallest absolute Gasteiger partial charge is 0.337 e. The van der Waals surface area contributed by atoms with E-state index in [0.717, 1.165) is 5.56 Å². The minimum Gasteiger partial charge on any atom is -0.481 e. The lowest BCUT2D eigenvalue weighted by Gasteiger charge is -2.15. The van der Waals surface area contributed by atoms with Gasteiger partial charge < -0.3 is 24.3 Å². The highest BCUT2D eigenvalue weighted by Gasteiger charge is 2.17. The third kappa shape index (κ3) is 4.05. The Bertz CT molecular complexity index is 802. The molecule has 0 saturated heterocycles. The van der Waals surface area contributed by atoms with Crippen molar-refractivity contribution in [2.24, 2.45) is 0 Å². The molecule has 0 aliphatic carbocycles. The zero-order valence-corrected chi connectivity index (χ0v) is 14.5. The van der Waals surface area contributed by atoms with Crippen molar-refractivity contribution in [3.63, 3.8) is 0 Å². The van der Waals surface area contributed by atoms with Crippen LogP contribution < -0.4 is 19.5 Å². The summed E-state index contributed by atoms with van der Waals surface area (Å²) < 4.78 is 20.8. The van der Waals surface area contributed by atoms with Crippen molar-refractivity contribution in [3.8, 4) is 17.2 Å². The summed E-state index contributed by atoms with van der Waals surface area (Å²) in [4.78, 5) is 23.6. The Morgan fingerprint density at radius 1 is 1.12 bits per heavy atom. The second kappa shape index (κ2) is 7.77. The van der Waals surface area contributed by atoms with Gasteiger partial charge in [0.2, 0.25) is 6.79 Å². The monoisotopic (exact) mass is 357 g/mol. The number of hydrogen-bond donors (Lipinski definition) is 1. The maximum absolute atomic E-state index is 12.2. The molecule has 7 nitrogen and oxygen atoms in total. The predicted octanol–water partition coefficient (Wildman–Crippen LogP) is 2.29. The number of ether oxygens (including phenoxy) is 4. The van der Waals surface area contributed by atoms with Crippen molar-refractivity contribution in [2.45, 2.75) is 19.6 Å². The maximum atomic E-state index is 12.2. The lowest BCUT2D eigenvalue weighted by atomic mass is 10.2. The Morgan fingerprint density at radius 2 is 1.85 bits per heavy atom. The van der Waals surface area contributed by atoms with Gasteiger partial charge in [-0.3, -0.25) is 4.79 Å². The molecule has 1 N–H and O–H groups in total. The third-order valence-electron chi connectivity index (χ3n) is 3.86. The van der Waals surface area contributed by atoms with E-state index in [9.17, 15) is 9.59 Å². The highest BCUT2D eigenvalue weighted by Crippen LogP contribution is 2.32. The molecule has 1 aliphatic rings. The number of carbonyl (C=O) groups is 2. The highest BCUT2D eigenvalue weighted by atomic mass is 16.7. The van der Waals surface area contributed by atoms with Crippen LogP contribution >= 0.6 is 0 Å². The molecule has 1 atom stereocenters. The molecule has 2 aromatic rings. The minimum absolute atomic E-state index is 0.213. The van der Waals surface area contributed by atoms with E-state index in [2.05, 4.69) is 10.1 Å². The molecule has 1 heterocycles. The van der Waals surface area contributed by atoms with Crippen LogP contribution in [-0.4, -0.2) is 31.9 Å². The molecule has 1 aliphatic heterocycles. The molecule has 7 heteroatoms. The Balaban J connectivity index is 1.52. The fourth-order valence-corrected chi connectivity index (χ4v) is 2.43. The molecule has 136 valence electrons. The largest absolute Gasteiger partial charge is 0.481 e. The number of amides is 1. The first-order chi connectivity index (χ1) is 12.6. The van der Waals surface area contributed by atoms with Crippen LogP contribution in [-0.2, 0) is 16.1 Å². The number of esters is 1. The second-order valence-corrected chi connectivity index (χ2v) is 5.68. The summed E-state index contributed by atoms with van der Waals surface area (Å²) in [6, 6.07) is 11.9. The van der Waals surface area contributed by atoms with Crippen molar-refractivity contribution < 1.29 is 28.5 Å². The van der Waals surface area contributed by atoms with Crippen molar-refractivity contribution in [3.05, 3.63) is 53.6 Å². The van der Waals surface area contributed by atoms with Crippen LogP contribution in [0.15, 0.2) is 42.5 Å². The van der Waals surface area contributed by atoms with Crippen LogP contribution in [0.2, 0.25) is 0 Å². The molecular formula is C19H19NO6. The quantitative estimate of drug-likeness (QED) is 0.799. The van der Waals surface area contributed by atoms with Gasteiger partial charge in [0.05, 0.1) is 12.7 Å². The van der Waals surface area contributed by atoms with Gasteiger partial charge in [0.25, 0.3) is 5.91 Å². The van der Waals surface area contributed by atoms with Crippen LogP contribution in [0.25, 0.3) is 0 Å². The Hall–Kier alpha value is -3.22. The molecule has 26 heavy (non-hydrogen) atoms. The molecule has 2 aromatic carbocycles. The van der Waals surface area contributed by atoms with Crippen molar-refractivity contribution in [1.82, 2.24) is 5.32 Å². The number of nitrogens with one attached hydrogen (secondary N) is 1. The Morgan fingerprint density at radius 3 is 2.58 bits per heavy atom. The van der Waals surface area contributed by atoms with Gasteiger partial charge in [0, 0.05) is 6.54 Å². The molecule has 0 saturated carbocycles. The first-order valence-corrected chi connectivity index (χ1v) is 8.08. The van der Waals surface area contributed by atoms with Crippen LogP contribution in [0.5, 0.6) is 17.2 Å². The fraction of sp³-hybridized carbons (Fsp3) is 0.263. The molecule has 3 rings (SSSR count). The van der Waals surface area contributed by atoms with E-state index in [-0.39, 0.29) is 12.7 Å². The topological polar surface area (TPSA) is 83.1 Å². The summed E-state index contributed by atoms with van der Waals surface area (Å²) in [5, 5.41) is 2.81. The Kier molecular flexibility index (Phi) is 5.26. The zero-order valence-electron chi connectivity index (χ0n) is 14.5. The SMILES string of the molecule is COC(=O)c1ccc(O[C@@H](C)C(=O)NCc2ccc3c(c2)OCO3)cc1. The van der Waals surface area contributed by atoms with Crippen LogP contribution in [0.1, 0.15) is 22.8 Å². The lowest BCUT2D eigenvalue weighted by Crippen LogP contribution is -2.35. The fourth-order valence-electron chi connectivity index (χ4n) is 2.43. The zero-order chi connectivity index (χ0) is 18.5. The summed E-state index contributed by atoms with van der Waals surface area (Å²) in [5.41, 5.74) is 1.32. The molecule has 1 amide bonds. The number of benzene rings is 2. The summed E-state index contributed by atoms with van der Waals surface area (Å²) in [5.74, 6) is 1.19.